The molecule has 0 saturated carbocycles. The highest BCUT2D eigenvalue weighted by atomic mass is 35.5. The summed E-state index contributed by atoms with van der Waals surface area (Å²) in [5, 5.41) is 9.08. The minimum atomic E-state index is 0.256. The van der Waals surface area contributed by atoms with Crippen LogP contribution in [-0.2, 0) is 6.42 Å². The first-order chi connectivity index (χ1) is 9.10. The van der Waals surface area contributed by atoms with E-state index in [1.54, 1.807) is 6.07 Å². The number of rotatable bonds is 3. The van der Waals surface area contributed by atoms with E-state index in [1.165, 1.54) is 5.56 Å². The van der Waals surface area contributed by atoms with Crippen LogP contribution in [0.3, 0.4) is 0 Å². The first-order valence-electron chi connectivity index (χ1n) is 6.26. The molecule has 2 aromatic rings. The van der Waals surface area contributed by atoms with Crippen molar-refractivity contribution in [1.29, 1.82) is 5.26 Å². The summed E-state index contributed by atoms with van der Waals surface area (Å²) in [4.78, 5) is 4.25. The molecular formula is C16H15ClN2. The molecule has 0 fully saturated rings. The van der Waals surface area contributed by atoms with Crippen LogP contribution in [-0.4, -0.2) is 4.98 Å². The van der Waals surface area contributed by atoms with Gasteiger partial charge >= 0.3 is 0 Å². The number of hydrogen-bond acceptors (Lipinski definition) is 2. The zero-order valence-electron chi connectivity index (χ0n) is 11.0. The van der Waals surface area contributed by atoms with E-state index in [0.717, 1.165) is 17.7 Å². The fraction of sp³-hybridized carbons (Fsp3) is 0.250. The Labute approximate surface area is 118 Å². The summed E-state index contributed by atoms with van der Waals surface area (Å²) < 4.78 is 0. The van der Waals surface area contributed by atoms with Gasteiger partial charge in [0.05, 0.1) is 11.3 Å². The molecule has 0 atom stereocenters. The molecule has 1 aromatic heterocycles. The third-order valence-corrected chi connectivity index (χ3v) is 3.15. The van der Waals surface area contributed by atoms with Gasteiger partial charge in [0, 0.05) is 5.56 Å². The molecule has 19 heavy (non-hydrogen) atoms. The van der Waals surface area contributed by atoms with Crippen LogP contribution < -0.4 is 0 Å². The number of nitrogens with zero attached hydrogens (tertiary/aromatic N) is 2. The molecule has 0 aliphatic rings. The zero-order valence-corrected chi connectivity index (χ0v) is 11.8. The van der Waals surface area contributed by atoms with Crippen molar-refractivity contribution in [2.45, 2.75) is 20.3 Å². The van der Waals surface area contributed by atoms with Gasteiger partial charge in [-0.3, -0.25) is 0 Å². The van der Waals surface area contributed by atoms with Crippen LogP contribution >= 0.6 is 11.6 Å². The van der Waals surface area contributed by atoms with Crippen molar-refractivity contribution in [3.8, 4) is 17.3 Å². The Morgan fingerprint density at radius 1 is 1.16 bits per heavy atom. The third kappa shape index (κ3) is 3.33. The molecule has 0 amide bonds. The Bertz CT molecular complexity index is 610. The molecule has 3 heteroatoms. The molecule has 0 spiro atoms. The van der Waals surface area contributed by atoms with E-state index in [-0.39, 0.29) is 5.15 Å². The standard InChI is InChI=1S/C16H15ClN2/c1-11(2)9-12-3-5-13(6-4-12)15-8-7-14(10-18)16(17)19-15/h3-8,11H,9H2,1-2H3. The van der Waals surface area contributed by atoms with Crippen molar-refractivity contribution in [1.82, 2.24) is 4.98 Å². The zero-order chi connectivity index (χ0) is 13.8. The Kier molecular flexibility index (Phi) is 4.19. The van der Waals surface area contributed by atoms with E-state index in [9.17, 15) is 0 Å². The Morgan fingerprint density at radius 2 is 1.84 bits per heavy atom. The summed E-state index contributed by atoms with van der Waals surface area (Å²) >= 11 is 5.95. The number of benzene rings is 1. The molecule has 0 unspecified atom stereocenters. The smallest absolute Gasteiger partial charge is 0.147 e. The van der Waals surface area contributed by atoms with Crippen molar-refractivity contribution in [2.24, 2.45) is 5.92 Å². The number of halogens is 1. The molecule has 0 N–H and O–H groups in total. The number of pyridine rings is 1. The maximum Gasteiger partial charge on any atom is 0.147 e. The van der Waals surface area contributed by atoms with Crippen molar-refractivity contribution in [2.75, 3.05) is 0 Å². The lowest BCUT2D eigenvalue weighted by Gasteiger charge is -2.07. The van der Waals surface area contributed by atoms with Crippen LogP contribution in [0.4, 0.5) is 0 Å². The van der Waals surface area contributed by atoms with Gasteiger partial charge in [-0.2, -0.15) is 5.26 Å². The lowest BCUT2D eigenvalue weighted by atomic mass is 10.0. The topological polar surface area (TPSA) is 36.7 Å². The second kappa shape index (κ2) is 5.86. The van der Waals surface area contributed by atoms with Gasteiger partial charge in [-0.15, -0.1) is 0 Å². The van der Waals surface area contributed by atoms with Crippen LogP contribution in [0, 0.1) is 17.2 Å². The van der Waals surface area contributed by atoms with Crippen molar-refractivity contribution in [3.05, 3.63) is 52.7 Å². The van der Waals surface area contributed by atoms with Crippen molar-refractivity contribution in [3.63, 3.8) is 0 Å². The summed E-state index contributed by atoms with van der Waals surface area (Å²) in [6.45, 7) is 4.41. The molecule has 2 nitrogen and oxygen atoms in total. The van der Waals surface area contributed by atoms with Gasteiger partial charge in [0.15, 0.2) is 0 Å². The van der Waals surface area contributed by atoms with Crippen LogP contribution in [0.15, 0.2) is 36.4 Å². The Balaban J connectivity index is 2.27. The van der Waals surface area contributed by atoms with E-state index in [4.69, 9.17) is 16.9 Å². The molecular weight excluding hydrogens is 256 g/mol. The molecule has 1 heterocycles. The van der Waals surface area contributed by atoms with Gasteiger partial charge in [0.2, 0.25) is 0 Å². The van der Waals surface area contributed by atoms with Gasteiger partial charge in [-0.25, -0.2) is 4.98 Å². The monoisotopic (exact) mass is 270 g/mol. The summed E-state index contributed by atoms with van der Waals surface area (Å²) in [5.41, 5.74) is 3.53. The molecule has 0 bridgehead atoms. The molecule has 1 aromatic carbocycles. The van der Waals surface area contributed by atoms with Gasteiger partial charge in [-0.1, -0.05) is 49.7 Å². The molecule has 0 aliphatic carbocycles. The van der Waals surface area contributed by atoms with Crippen LogP contribution in [0.5, 0.6) is 0 Å². The maximum absolute atomic E-state index is 8.83. The number of aromatic nitrogens is 1. The van der Waals surface area contributed by atoms with Gasteiger partial charge < -0.3 is 0 Å². The quantitative estimate of drug-likeness (QED) is 0.772. The summed E-state index contributed by atoms with van der Waals surface area (Å²) in [7, 11) is 0. The van der Waals surface area contributed by atoms with Crippen LogP contribution in [0.25, 0.3) is 11.3 Å². The number of nitriles is 1. The SMILES string of the molecule is CC(C)Cc1ccc(-c2ccc(C#N)c(Cl)n2)cc1. The molecule has 0 radical (unpaired) electrons. The van der Waals surface area contributed by atoms with E-state index < -0.39 is 0 Å². The van der Waals surface area contributed by atoms with Crippen molar-refractivity contribution < 1.29 is 0 Å². The second-order valence-electron chi connectivity index (χ2n) is 4.94. The lowest BCUT2D eigenvalue weighted by Crippen LogP contribution is -1.94. The minimum Gasteiger partial charge on any atom is -0.235 e. The maximum atomic E-state index is 8.83. The number of hydrogen-bond donors (Lipinski definition) is 0. The highest BCUT2D eigenvalue weighted by Gasteiger charge is 2.05. The Hall–Kier alpha value is -1.85. The first kappa shape index (κ1) is 13.6. The average Bonchev–Trinajstić information content (AvgIpc) is 2.39. The fourth-order valence-corrected chi connectivity index (χ4v) is 2.16. The normalized spacial score (nSPS) is 10.5. The summed E-state index contributed by atoms with van der Waals surface area (Å²) in [6, 6.07) is 13.8. The van der Waals surface area contributed by atoms with E-state index >= 15 is 0 Å². The molecule has 0 aliphatic heterocycles. The highest BCUT2D eigenvalue weighted by molar-refractivity contribution is 6.30. The minimum absolute atomic E-state index is 0.256. The van der Waals surface area contributed by atoms with Gasteiger partial charge in [-0.05, 0) is 30.0 Å². The average molecular weight is 271 g/mol. The predicted octanol–water partition coefficient (Wildman–Crippen LogP) is 4.47. The largest absolute Gasteiger partial charge is 0.235 e. The van der Waals surface area contributed by atoms with E-state index in [1.807, 2.05) is 24.3 Å². The van der Waals surface area contributed by atoms with Gasteiger partial charge in [0.25, 0.3) is 0 Å². The predicted molar refractivity (Wildman–Crippen MR) is 77.9 cm³/mol. The lowest BCUT2D eigenvalue weighted by molar-refractivity contribution is 0.647. The van der Waals surface area contributed by atoms with Crippen LogP contribution in [0.1, 0.15) is 25.0 Å². The summed E-state index contributed by atoms with van der Waals surface area (Å²) in [5.74, 6) is 0.647. The Morgan fingerprint density at radius 3 is 2.37 bits per heavy atom. The third-order valence-electron chi connectivity index (χ3n) is 2.86. The first-order valence-corrected chi connectivity index (χ1v) is 6.64. The second-order valence-corrected chi connectivity index (χ2v) is 5.30. The van der Waals surface area contributed by atoms with Crippen LogP contribution in [0.2, 0.25) is 5.15 Å². The molecule has 96 valence electrons. The highest BCUT2D eigenvalue weighted by Crippen LogP contribution is 2.22. The summed E-state index contributed by atoms with van der Waals surface area (Å²) in [6.07, 6.45) is 1.07. The van der Waals surface area contributed by atoms with E-state index in [0.29, 0.717) is 11.5 Å². The van der Waals surface area contributed by atoms with Crippen molar-refractivity contribution >= 4 is 11.6 Å². The van der Waals surface area contributed by atoms with Gasteiger partial charge in [0.1, 0.15) is 11.2 Å². The van der Waals surface area contributed by atoms with E-state index in [2.05, 4.69) is 31.0 Å². The molecule has 2 rings (SSSR count). The molecule has 0 saturated heterocycles. The fourth-order valence-electron chi connectivity index (χ4n) is 1.96.